The molecule has 0 bridgehead atoms. The van der Waals surface area contributed by atoms with Crippen molar-refractivity contribution >= 4 is 16.9 Å². The Bertz CT molecular complexity index is 997. The number of para-hydroxylation sites is 1. The van der Waals surface area contributed by atoms with Crippen LogP contribution in [-0.2, 0) is 0 Å². The van der Waals surface area contributed by atoms with Crippen molar-refractivity contribution in [1.82, 2.24) is 9.80 Å². The minimum absolute atomic E-state index is 0.0895. The van der Waals surface area contributed by atoms with Crippen LogP contribution in [0, 0.1) is 0 Å². The Balaban J connectivity index is 1.74. The first kappa shape index (κ1) is 16.5. The van der Waals surface area contributed by atoms with E-state index in [1.165, 1.54) is 0 Å². The van der Waals surface area contributed by atoms with E-state index in [4.69, 9.17) is 4.42 Å². The molecule has 0 aliphatic carbocycles. The lowest BCUT2D eigenvalue weighted by molar-refractivity contribution is 0.0494. The SMILES string of the molecule is CN1CCN(C(=O)c2cc3ccccc3oc2=O)[C@H](c2ccccc2)C1. The minimum atomic E-state index is -0.584. The molecule has 5 heteroatoms. The summed E-state index contributed by atoms with van der Waals surface area (Å²) < 4.78 is 5.35. The first-order valence-electron chi connectivity index (χ1n) is 8.71. The molecule has 1 atom stereocenters. The van der Waals surface area contributed by atoms with Crippen molar-refractivity contribution in [2.75, 3.05) is 26.7 Å². The molecule has 1 saturated heterocycles. The van der Waals surface area contributed by atoms with Gasteiger partial charge < -0.3 is 14.2 Å². The lowest BCUT2D eigenvalue weighted by Crippen LogP contribution is -2.50. The molecule has 0 radical (unpaired) electrons. The summed E-state index contributed by atoms with van der Waals surface area (Å²) in [5.41, 5.74) is 1.07. The highest BCUT2D eigenvalue weighted by molar-refractivity contribution is 5.97. The predicted octanol–water partition coefficient (Wildman–Crippen LogP) is 2.92. The fourth-order valence-corrected chi connectivity index (χ4v) is 3.49. The van der Waals surface area contributed by atoms with Crippen molar-refractivity contribution in [2.24, 2.45) is 0 Å². The zero-order valence-electron chi connectivity index (χ0n) is 14.6. The number of carbonyl (C=O) groups is 1. The first-order valence-corrected chi connectivity index (χ1v) is 8.71. The summed E-state index contributed by atoms with van der Waals surface area (Å²) in [6.45, 7) is 2.07. The van der Waals surface area contributed by atoms with Crippen molar-refractivity contribution in [3.63, 3.8) is 0 Å². The summed E-state index contributed by atoms with van der Waals surface area (Å²) in [5.74, 6) is -0.272. The van der Waals surface area contributed by atoms with Crippen LogP contribution in [0.2, 0.25) is 0 Å². The molecule has 1 aliphatic rings. The molecule has 5 nitrogen and oxygen atoms in total. The van der Waals surface area contributed by atoms with Crippen LogP contribution in [0.15, 0.2) is 69.9 Å². The molecule has 4 rings (SSSR count). The second-order valence-electron chi connectivity index (χ2n) is 6.67. The molecule has 0 saturated carbocycles. The molecule has 0 unspecified atom stereocenters. The van der Waals surface area contributed by atoms with Gasteiger partial charge in [0.2, 0.25) is 0 Å². The van der Waals surface area contributed by atoms with E-state index in [0.717, 1.165) is 24.0 Å². The fourth-order valence-electron chi connectivity index (χ4n) is 3.49. The smallest absolute Gasteiger partial charge is 0.349 e. The zero-order chi connectivity index (χ0) is 18.1. The Morgan fingerprint density at radius 1 is 1.04 bits per heavy atom. The van der Waals surface area contributed by atoms with Crippen molar-refractivity contribution in [3.8, 4) is 0 Å². The van der Waals surface area contributed by atoms with Crippen LogP contribution >= 0.6 is 0 Å². The van der Waals surface area contributed by atoms with Gasteiger partial charge in [-0.3, -0.25) is 4.79 Å². The number of piperazine rings is 1. The van der Waals surface area contributed by atoms with E-state index >= 15 is 0 Å². The van der Waals surface area contributed by atoms with E-state index in [1.807, 2.05) is 49.5 Å². The molecular formula is C21H20N2O3. The number of likely N-dealkylation sites (N-methyl/N-ethyl adjacent to an activating group) is 1. The summed E-state index contributed by atoms with van der Waals surface area (Å²) in [6.07, 6.45) is 0. The van der Waals surface area contributed by atoms with Crippen LogP contribution in [0.1, 0.15) is 22.0 Å². The van der Waals surface area contributed by atoms with Gasteiger partial charge in [0.25, 0.3) is 5.91 Å². The second kappa shape index (κ2) is 6.77. The summed E-state index contributed by atoms with van der Waals surface area (Å²) in [7, 11) is 2.04. The Hall–Kier alpha value is -2.92. The van der Waals surface area contributed by atoms with Crippen molar-refractivity contribution in [3.05, 3.63) is 82.2 Å². The maximum absolute atomic E-state index is 13.2. The Kier molecular flexibility index (Phi) is 4.31. The van der Waals surface area contributed by atoms with Gasteiger partial charge >= 0.3 is 5.63 Å². The molecule has 0 N–H and O–H groups in total. The van der Waals surface area contributed by atoms with Gasteiger partial charge in [-0.05, 0) is 24.7 Å². The molecule has 3 aromatic rings. The molecule has 26 heavy (non-hydrogen) atoms. The summed E-state index contributed by atoms with van der Waals surface area (Å²) in [4.78, 5) is 29.6. The largest absolute Gasteiger partial charge is 0.422 e. The lowest BCUT2D eigenvalue weighted by Gasteiger charge is -2.40. The summed E-state index contributed by atoms with van der Waals surface area (Å²) in [6, 6.07) is 18.7. The van der Waals surface area contributed by atoms with Crippen LogP contribution in [0.25, 0.3) is 11.0 Å². The van der Waals surface area contributed by atoms with Crippen LogP contribution in [0.3, 0.4) is 0 Å². The van der Waals surface area contributed by atoms with E-state index in [0.29, 0.717) is 12.1 Å². The Morgan fingerprint density at radius 2 is 1.77 bits per heavy atom. The summed E-state index contributed by atoms with van der Waals surface area (Å²) >= 11 is 0. The van der Waals surface area contributed by atoms with E-state index < -0.39 is 5.63 Å². The van der Waals surface area contributed by atoms with E-state index in [1.54, 1.807) is 23.1 Å². The number of nitrogens with zero attached hydrogens (tertiary/aromatic N) is 2. The predicted molar refractivity (Wildman–Crippen MR) is 100 cm³/mol. The normalized spacial score (nSPS) is 18.2. The highest BCUT2D eigenvalue weighted by Gasteiger charge is 2.32. The van der Waals surface area contributed by atoms with Gasteiger partial charge in [0.05, 0.1) is 6.04 Å². The molecule has 1 amide bonds. The summed E-state index contributed by atoms with van der Waals surface area (Å²) in [5, 5.41) is 0.751. The number of carbonyl (C=O) groups excluding carboxylic acids is 1. The zero-order valence-corrected chi connectivity index (χ0v) is 14.6. The van der Waals surface area contributed by atoms with Gasteiger partial charge in [-0.1, -0.05) is 48.5 Å². The third kappa shape index (κ3) is 3.02. The number of hydrogen-bond acceptors (Lipinski definition) is 4. The Morgan fingerprint density at radius 3 is 2.58 bits per heavy atom. The molecule has 1 aliphatic heterocycles. The van der Waals surface area contributed by atoms with Gasteiger partial charge in [-0.2, -0.15) is 0 Å². The maximum atomic E-state index is 13.2. The molecule has 0 spiro atoms. The third-order valence-electron chi connectivity index (χ3n) is 4.90. The topological polar surface area (TPSA) is 53.8 Å². The quantitative estimate of drug-likeness (QED) is 0.668. The maximum Gasteiger partial charge on any atom is 0.349 e. The molecular weight excluding hydrogens is 328 g/mol. The number of benzene rings is 2. The lowest BCUT2D eigenvalue weighted by atomic mass is 10.0. The third-order valence-corrected chi connectivity index (χ3v) is 4.90. The van der Waals surface area contributed by atoms with Gasteiger partial charge in [-0.15, -0.1) is 0 Å². The second-order valence-corrected chi connectivity index (χ2v) is 6.67. The van der Waals surface area contributed by atoms with E-state index in [9.17, 15) is 9.59 Å². The average molecular weight is 348 g/mol. The van der Waals surface area contributed by atoms with Gasteiger partial charge in [0.15, 0.2) is 0 Å². The monoisotopic (exact) mass is 348 g/mol. The number of amides is 1. The van der Waals surface area contributed by atoms with E-state index in [-0.39, 0.29) is 17.5 Å². The van der Waals surface area contributed by atoms with Crippen LogP contribution in [0.5, 0.6) is 0 Å². The average Bonchev–Trinajstić information content (AvgIpc) is 2.67. The fraction of sp³-hybridized carbons (Fsp3) is 0.238. The molecule has 2 aromatic carbocycles. The van der Waals surface area contributed by atoms with Crippen molar-refractivity contribution in [2.45, 2.75) is 6.04 Å². The number of hydrogen-bond donors (Lipinski definition) is 0. The Labute approximate surface area is 151 Å². The molecule has 1 aromatic heterocycles. The number of rotatable bonds is 2. The van der Waals surface area contributed by atoms with E-state index in [2.05, 4.69) is 4.90 Å². The minimum Gasteiger partial charge on any atom is -0.422 e. The van der Waals surface area contributed by atoms with Gasteiger partial charge in [-0.25, -0.2) is 4.79 Å². The van der Waals surface area contributed by atoms with Crippen molar-refractivity contribution < 1.29 is 9.21 Å². The van der Waals surface area contributed by atoms with Crippen LogP contribution < -0.4 is 5.63 Å². The number of fused-ring (bicyclic) bond motifs is 1. The molecule has 132 valence electrons. The van der Waals surface area contributed by atoms with Gasteiger partial charge in [0.1, 0.15) is 11.1 Å². The molecule has 1 fully saturated rings. The van der Waals surface area contributed by atoms with Crippen LogP contribution in [-0.4, -0.2) is 42.4 Å². The highest BCUT2D eigenvalue weighted by atomic mass is 16.4. The van der Waals surface area contributed by atoms with Crippen LogP contribution in [0.4, 0.5) is 0 Å². The standard InChI is InChI=1S/C21H20N2O3/c1-22-11-12-23(18(14-22)15-7-3-2-4-8-15)20(24)17-13-16-9-5-6-10-19(16)26-21(17)25/h2-10,13,18H,11-12,14H2,1H3/t18-/m0/s1. The first-order chi connectivity index (χ1) is 12.6. The highest BCUT2D eigenvalue weighted by Crippen LogP contribution is 2.26. The van der Waals surface area contributed by atoms with Crippen molar-refractivity contribution in [1.29, 1.82) is 0 Å². The molecule has 2 heterocycles. The van der Waals surface area contributed by atoms with Gasteiger partial charge in [0, 0.05) is 25.0 Å².